The molecule has 1 amide bonds. The van der Waals surface area contributed by atoms with Crippen molar-refractivity contribution in [3.63, 3.8) is 0 Å². The largest absolute Gasteiger partial charge is 0.406 e. The van der Waals surface area contributed by atoms with Crippen LogP contribution in [0.4, 0.5) is 13.2 Å². The van der Waals surface area contributed by atoms with Gasteiger partial charge in [-0.3, -0.25) is 4.79 Å². The summed E-state index contributed by atoms with van der Waals surface area (Å²) in [7, 11) is 0. The summed E-state index contributed by atoms with van der Waals surface area (Å²) >= 11 is 0. The fourth-order valence-corrected chi connectivity index (χ4v) is 4.39. The van der Waals surface area contributed by atoms with Crippen molar-refractivity contribution in [2.75, 3.05) is 6.54 Å². The number of amides is 1. The van der Waals surface area contributed by atoms with Gasteiger partial charge >= 0.3 is 6.18 Å². The summed E-state index contributed by atoms with van der Waals surface area (Å²) in [5.41, 5.74) is 2.07. The Morgan fingerprint density at radius 2 is 1.81 bits per heavy atom. The second-order valence-corrected chi connectivity index (χ2v) is 8.20. The molecule has 2 unspecified atom stereocenters. The van der Waals surface area contributed by atoms with E-state index in [0.717, 1.165) is 34.2 Å². The van der Waals surface area contributed by atoms with E-state index in [9.17, 15) is 18.0 Å². The van der Waals surface area contributed by atoms with Crippen LogP contribution in [0.15, 0.2) is 60.7 Å². The van der Waals surface area contributed by atoms with Gasteiger partial charge in [-0.1, -0.05) is 48.5 Å². The van der Waals surface area contributed by atoms with Gasteiger partial charge in [0.25, 0.3) is 5.91 Å². The van der Waals surface area contributed by atoms with E-state index in [-0.39, 0.29) is 11.7 Å². The van der Waals surface area contributed by atoms with Gasteiger partial charge in [0, 0.05) is 29.5 Å². The summed E-state index contributed by atoms with van der Waals surface area (Å²) in [6.07, 6.45) is -1.69. The molecule has 0 aliphatic heterocycles. The summed E-state index contributed by atoms with van der Waals surface area (Å²) < 4.78 is 40.2. The third-order valence-electron chi connectivity index (χ3n) is 5.90. The number of carbonyl (C=O) groups excluding carboxylic acids is 1. The number of carbonyl (C=O) groups is 1. The van der Waals surface area contributed by atoms with Crippen LogP contribution in [-0.2, 0) is 6.54 Å². The number of benzene rings is 2. The van der Waals surface area contributed by atoms with Gasteiger partial charge in [-0.15, -0.1) is 0 Å². The highest BCUT2D eigenvalue weighted by molar-refractivity contribution is 5.98. The van der Waals surface area contributed by atoms with Crippen LogP contribution in [0.2, 0.25) is 0 Å². The van der Waals surface area contributed by atoms with Gasteiger partial charge in [-0.2, -0.15) is 13.2 Å². The third kappa shape index (κ3) is 5.47. The molecule has 0 saturated heterocycles. The lowest BCUT2D eigenvalue weighted by Crippen LogP contribution is -2.50. The molecule has 0 bridgehead atoms. The number of aromatic amines is 1. The maximum atomic E-state index is 13.4. The molecule has 4 nitrogen and oxygen atoms in total. The van der Waals surface area contributed by atoms with Gasteiger partial charge in [-0.05, 0) is 43.4 Å². The number of halogens is 3. The van der Waals surface area contributed by atoms with E-state index in [1.807, 2.05) is 54.6 Å². The zero-order chi connectivity index (χ0) is 21.8. The number of fused-ring (bicyclic) bond motifs is 1. The van der Waals surface area contributed by atoms with Crippen molar-refractivity contribution in [1.29, 1.82) is 0 Å². The molecule has 31 heavy (non-hydrogen) atoms. The number of rotatable bonds is 6. The Labute approximate surface area is 179 Å². The summed E-state index contributed by atoms with van der Waals surface area (Å²) in [5.74, 6) is -0.595. The van der Waals surface area contributed by atoms with Crippen molar-refractivity contribution < 1.29 is 18.0 Å². The van der Waals surface area contributed by atoms with Crippen LogP contribution in [0.1, 0.15) is 41.7 Å². The Morgan fingerprint density at radius 3 is 2.55 bits per heavy atom. The van der Waals surface area contributed by atoms with Crippen molar-refractivity contribution >= 4 is 16.8 Å². The fourth-order valence-electron chi connectivity index (χ4n) is 4.39. The number of hydrogen-bond donors (Lipinski definition) is 2. The van der Waals surface area contributed by atoms with Gasteiger partial charge in [0.1, 0.15) is 12.2 Å². The molecule has 2 aromatic carbocycles. The number of nitrogens with zero attached hydrogens (tertiary/aromatic N) is 1. The van der Waals surface area contributed by atoms with Crippen molar-refractivity contribution in [3.8, 4) is 0 Å². The number of H-pyrrole nitrogens is 1. The maximum Gasteiger partial charge on any atom is 0.406 e. The van der Waals surface area contributed by atoms with Gasteiger partial charge in [0.2, 0.25) is 0 Å². The van der Waals surface area contributed by atoms with E-state index < -0.39 is 24.7 Å². The molecule has 2 atom stereocenters. The number of alkyl halides is 3. The first-order chi connectivity index (χ1) is 14.9. The minimum Gasteiger partial charge on any atom is -0.351 e. The zero-order valence-electron chi connectivity index (χ0n) is 17.2. The van der Waals surface area contributed by atoms with E-state index >= 15 is 0 Å². The van der Waals surface area contributed by atoms with E-state index in [1.54, 1.807) is 6.07 Å². The number of hydrogen-bond acceptors (Lipinski definition) is 2. The molecular formula is C24H26F3N3O. The van der Waals surface area contributed by atoms with Gasteiger partial charge in [0.05, 0.1) is 0 Å². The highest BCUT2D eigenvalue weighted by atomic mass is 19.4. The lowest BCUT2D eigenvalue weighted by atomic mass is 9.89. The highest BCUT2D eigenvalue weighted by Gasteiger charge is 2.39. The molecule has 1 saturated carbocycles. The molecule has 2 N–H and O–H groups in total. The smallest absolute Gasteiger partial charge is 0.351 e. The second-order valence-electron chi connectivity index (χ2n) is 8.20. The van der Waals surface area contributed by atoms with Crippen molar-refractivity contribution in [1.82, 2.24) is 15.2 Å². The first-order valence-corrected chi connectivity index (χ1v) is 10.6. The topological polar surface area (TPSA) is 48.1 Å². The summed E-state index contributed by atoms with van der Waals surface area (Å²) in [6.45, 7) is -0.579. The van der Waals surface area contributed by atoms with Crippen LogP contribution < -0.4 is 5.32 Å². The van der Waals surface area contributed by atoms with Gasteiger partial charge < -0.3 is 15.2 Å². The van der Waals surface area contributed by atoms with E-state index in [2.05, 4.69) is 10.3 Å². The molecule has 1 heterocycles. The Bertz CT molecular complexity index is 983. The molecule has 164 valence electrons. The maximum absolute atomic E-state index is 13.4. The minimum atomic E-state index is -4.45. The van der Waals surface area contributed by atoms with Crippen LogP contribution in [-0.4, -0.2) is 40.6 Å². The van der Waals surface area contributed by atoms with Crippen LogP contribution in [0.25, 0.3) is 10.9 Å². The normalized spacial score (nSPS) is 19.5. The van der Waals surface area contributed by atoms with E-state index in [4.69, 9.17) is 0 Å². The Kier molecular flexibility index (Phi) is 6.32. The first-order valence-electron chi connectivity index (χ1n) is 10.6. The number of nitrogens with one attached hydrogen (secondary N) is 2. The highest BCUT2D eigenvalue weighted by Crippen LogP contribution is 2.29. The molecule has 1 aliphatic rings. The predicted octanol–water partition coefficient (Wildman–Crippen LogP) is 5.27. The lowest BCUT2D eigenvalue weighted by Gasteiger charge is -2.38. The van der Waals surface area contributed by atoms with Crippen molar-refractivity contribution in [2.45, 2.75) is 50.5 Å². The molecule has 0 spiro atoms. The molecule has 3 aromatic rings. The summed E-state index contributed by atoms with van der Waals surface area (Å²) in [6, 6.07) is 18.5. The zero-order valence-corrected chi connectivity index (χ0v) is 17.2. The SMILES string of the molecule is O=C(c1cc2ccccc2[nH]1)N(CC(F)(F)F)C1CCCC(NCc2ccccc2)C1. The van der Waals surface area contributed by atoms with Crippen LogP contribution in [0, 0.1) is 0 Å². The van der Waals surface area contributed by atoms with E-state index in [0.29, 0.717) is 19.4 Å². The fraction of sp³-hybridized carbons (Fsp3) is 0.375. The molecule has 7 heteroatoms. The average Bonchev–Trinajstić information content (AvgIpc) is 3.20. The minimum absolute atomic E-state index is 0.0743. The van der Waals surface area contributed by atoms with Crippen LogP contribution in [0.3, 0.4) is 0 Å². The van der Waals surface area contributed by atoms with Gasteiger partial charge in [0.15, 0.2) is 0 Å². The Balaban J connectivity index is 1.50. The average molecular weight is 429 g/mol. The Hall–Kier alpha value is -2.80. The van der Waals surface area contributed by atoms with Crippen molar-refractivity contribution in [2.24, 2.45) is 0 Å². The Morgan fingerprint density at radius 1 is 1.06 bits per heavy atom. The van der Waals surface area contributed by atoms with Crippen molar-refractivity contribution in [3.05, 3.63) is 71.9 Å². The monoisotopic (exact) mass is 429 g/mol. The summed E-state index contributed by atoms with van der Waals surface area (Å²) in [5, 5.41) is 4.27. The molecule has 1 aromatic heterocycles. The molecule has 1 fully saturated rings. The first kappa shape index (κ1) is 21.4. The van der Waals surface area contributed by atoms with Crippen LogP contribution >= 0.6 is 0 Å². The molecular weight excluding hydrogens is 403 g/mol. The quantitative estimate of drug-likeness (QED) is 0.561. The third-order valence-corrected chi connectivity index (χ3v) is 5.90. The van der Waals surface area contributed by atoms with E-state index in [1.165, 1.54) is 0 Å². The molecule has 4 rings (SSSR count). The lowest BCUT2D eigenvalue weighted by molar-refractivity contribution is -0.146. The second kappa shape index (κ2) is 9.14. The predicted molar refractivity (Wildman–Crippen MR) is 115 cm³/mol. The van der Waals surface area contributed by atoms with Crippen LogP contribution in [0.5, 0.6) is 0 Å². The molecule has 0 radical (unpaired) electrons. The number of para-hydroxylation sites is 1. The summed E-state index contributed by atoms with van der Waals surface area (Å²) in [4.78, 5) is 17.2. The standard InChI is InChI=1S/C24H26F3N3O/c25-24(26,27)16-30(23(31)22-13-18-9-4-5-12-21(18)29-22)20-11-6-10-19(14-20)28-15-17-7-2-1-3-8-17/h1-5,7-9,12-13,19-20,28-29H,6,10-11,14-16H2. The van der Waals surface area contributed by atoms with Gasteiger partial charge in [-0.25, -0.2) is 0 Å². The number of aromatic nitrogens is 1. The molecule has 1 aliphatic carbocycles.